The van der Waals surface area contributed by atoms with Crippen LogP contribution in [0.5, 0.6) is 0 Å². The molecule has 0 amide bonds. The van der Waals surface area contributed by atoms with E-state index in [0.717, 1.165) is 25.3 Å². The van der Waals surface area contributed by atoms with Gasteiger partial charge in [-0.3, -0.25) is 0 Å². The largest absolute Gasteiger partial charge is 0.396 e. The lowest BCUT2D eigenvalue weighted by atomic mass is 9.86. The Kier molecular flexibility index (Phi) is 6.21. The normalized spacial score (nSPS) is 27.7. The number of benzene rings is 1. The van der Waals surface area contributed by atoms with Gasteiger partial charge in [0.05, 0.1) is 0 Å². The van der Waals surface area contributed by atoms with Crippen LogP contribution in [0.4, 0.5) is 0 Å². The first kappa shape index (κ1) is 17.7. The van der Waals surface area contributed by atoms with Gasteiger partial charge < -0.3 is 13.6 Å². The smallest absolute Gasteiger partial charge is 0.371 e. The van der Waals surface area contributed by atoms with Gasteiger partial charge in [-0.2, -0.15) is 0 Å². The topological polar surface area (TPSA) is 27.7 Å². The molecule has 1 aromatic rings. The van der Waals surface area contributed by atoms with E-state index in [9.17, 15) is 0 Å². The molecule has 0 spiro atoms. The van der Waals surface area contributed by atoms with Crippen molar-refractivity contribution in [2.45, 2.75) is 50.3 Å². The Bertz CT molecular complexity index is 447. The summed E-state index contributed by atoms with van der Waals surface area (Å²) in [6.45, 7) is 2.22. The van der Waals surface area contributed by atoms with Crippen LogP contribution in [0.2, 0.25) is 6.04 Å². The third kappa shape index (κ3) is 3.02. The van der Waals surface area contributed by atoms with Gasteiger partial charge in [0.2, 0.25) is 0 Å². The first-order chi connectivity index (χ1) is 10.7. The number of hydrogen-bond acceptors (Lipinski definition) is 3. The molecule has 0 aliphatic carbocycles. The summed E-state index contributed by atoms with van der Waals surface area (Å²) in [4.78, 5) is 0. The van der Waals surface area contributed by atoms with Gasteiger partial charge in [0.15, 0.2) is 0 Å². The summed E-state index contributed by atoms with van der Waals surface area (Å²) in [5.74, 6) is 0.458. The monoisotopic (exact) mass is 322 g/mol. The van der Waals surface area contributed by atoms with Crippen molar-refractivity contribution in [3.8, 4) is 0 Å². The van der Waals surface area contributed by atoms with Gasteiger partial charge in [-0.25, -0.2) is 0 Å². The molecule has 1 aromatic carbocycles. The molecule has 1 saturated heterocycles. The molecule has 1 aliphatic heterocycles. The summed E-state index contributed by atoms with van der Waals surface area (Å²) in [6, 6.07) is 11.8. The van der Waals surface area contributed by atoms with E-state index in [-0.39, 0.29) is 5.22 Å². The number of methoxy groups -OCH3 is 1. The van der Waals surface area contributed by atoms with Crippen LogP contribution in [-0.4, -0.2) is 35.1 Å². The fraction of sp³-hybridized carbons (Fsp3) is 0.667. The Hall–Kier alpha value is -0.683. The van der Waals surface area contributed by atoms with Crippen LogP contribution in [0, 0.1) is 5.92 Å². The highest BCUT2D eigenvalue weighted by Crippen LogP contribution is 2.47. The Balaban J connectivity index is 2.36. The maximum Gasteiger partial charge on any atom is 0.371 e. The Labute approximate surface area is 136 Å². The van der Waals surface area contributed by atoms with E-state index in [1.165, 1.54) is 18.4 Å². The minimum atomic E-state index is -2.37. The lowest BCUT2D eigenvalue weighted by molar-refractivity contribution is -0.0536. The van der Waals surface area contributed by atoms with Gasteiger partial charge in [-0.1, -0.05) is 50.1 Å². The third-order valence-electron chi connectivity index (χ3n) is 5.33. The highest BCUT2D eigenvalue weighted by atomic mass is 28.4. The second-order valence-corrected chi connectivity index (χ2v) is 9.95. The van der Waals surface area contributed by atoms with Crippen molar-refractivity contribution < 1.29 is 13.6 Å². The molecular weight excluding hydrogens is 292 g/mol. The highest BCUT2D eigenvalue weighted by molar-refractivity contribution is 6.70. The quantitative estimate of drug-likeness (QED) is 0.707. The van der Waals surface area contributed by atoms with E-state index in [2.05, 4.69) is 37.3 Å². The fourth-order valence-electron chi connectivity index (χ4n) is 4.33. The number of hydrogen-bond donors (Lipinski definition) is 0. The molecule has 2 unspecified atom stereocenters. The van der Waals surface area contributed by atoms with Gasteiger partial charge >= 0.3 is 8.56 Å². The van der Waals surface area contributed by atoms with Crippen LogP contribution in [0.3, 0.4) is 0 Å². The zero-order valence-corrected chi connectivity index (χ0v) is 15.4. The third-order valence-corrected chi connectivity index (χ3v) is 9.82. The zero-order chi connectivity index (χ0) is 16.1. The Morgan fingerprint density at radius 1 is 1.14 bits per heavy atom. The first-order valence-corrected chi connectivity index (χ1v) is 10.4. The van der Waals surface area contributed by atoms with E-state index in [0.29, 0.717) is 5.92 Å². The summed E-state index contributed by atoms with van der Waals surface area (Å²) in [5.41, 5.74) is 1.38. The minimum absolute atomic E-state index is 0.251. The SMILES string of the molecule is CCCC1(OC)C(Cc2ccccc2)CCC[Si]1(OC)OC. The summed E-state index contributed by atoms with van der Waals surface area (Å²) in [6.07, 6.45) is 5.48. The van der Waals surface area contributed by atoms with Gasteiger partial charge in [-0.05, 0) is 36.8 Å². The average molecular weight is 323 g/mol. The van der Waals surface area contributed by atoms with Crippen LogP contribution in [0.1, 0.15) is 38.2 Å². The van der Waals surface area contributed by atoms with Crippen molar-refractivity contribution in [1.29, 1.82) is 0 Å². The first-order valence-electron chi connectivity index (χ1n) is 8.37. The lowest BCUT2D eigenvalue weighted by Crippen LogP contribution is -2.68. The predicted molar refractivity (Wildman–Crippen MR) is 92.1 cm³/mol. The van der Waals surface area contributed by atoms with Crippen LogP contribution in [0.15, 0.2) is 30.3 Å². The minimum Gasteiger partial charge on any atom is -0.396 e. The van der Waals surface area contributed by atoms with Crippen LogP contribution >= 0.6 is 0 Å². The van der Waals surface area contributed by atoms with Crippen LogP contribution in [-0.2, 0) is 20.0 Å². The fourth-order valence-corrected chi connectivity index (χ4v) is 8.49. The molecule has 0 aromatic heterocycles. The van der Waals surface area contributed by atoms with Crippen molar-refractivity contribution in [2.75, 3.05) is 21.3 Å². The molecule has 1 aliphatic rings. The van der Waals surface area contributed by atoms with E-state index >= 15 is 0 Å². The average Bonchev–Trinajstić information content (AvgIpc) is 2.57. The van der Waals surface area contributed by atoms with Crippen molar-refractivity contribution in [3.05, 3.63) is 35.9 Å². The van der Waals surface area contributed by atoms with Crippen molar-refractivity contribution >= 4 is 8.56 Å². The Morgan fingerprint density at radius 3 is 2.36 bits per heavy atom. The van der Waals surface area contributed by atoms with E-state index in [1.807, 2.05) is 21.3 Å². The van der Waals surface area contributed by atoms with E-state index in [1.54, 1.807) is 0 Å². The van der Waals surface area contributed by atoms with Crippen molar-refractivity contribution in [3.63, 3.8) is 0 Å². The predicted octanol–water partition coefficient (Wildman–Crippen LogP) is 4.10. The van der Waals surface area contributed by atoms with Gasteiger partial charge in [0.25, 0.3) is 0 Å². The number of ether oxygens (including phenoxy) is 1. The van der Waals surface area contributed by atoms with Crippen molar-refractivity contribution in [1.82, 2.24) is 0 Å². The van der Waals surface area contributed by atoms with Gasteiger partial charge in [-0.15, -0.1) is 0 Å². The van der Waals surface area contributed by atoms with Gasteiger partial charge in [0.1, 0.15) is 5.22 Å². The summed E-state index contributed by atoms with van der Waals surface area (Å²) in [7, 11) is 3.09. The van der Waals surface area contributed by atoms with Crippen molar-refractivity contribution in [2.24, 2.45) is 5.92 Å². The Morgan fingerprint density at radius 2 is 1.82 bits per heavy atom. The molecular formula is C18H30O3Si. The maximum absolute atomic E-state index is 6.21. The second kappa shape index (κ2) is 7.73. The van der Waals surface area contributed by atoms with Crippen LogP contribution in [0.25, 0.3) is 0 Å². The second-order valence-electron chi connectivity index (χ2n) is 6.28. The number of rotatable bonds is 7. The molecule has 1 fully saturated rings. The molecule has 22 heavy (non-hydrogen) atoms. The summed E-state index contributed by atoms with van der Waals surface area (Å²) >= 11 is 0. The standard InChI is InChI=1S/C18H30O3Si/c1-5-13-18(19-2)17(15-16-10-7-6-8-11-16)12-9-14-22(18,20-3)21-4/h6-8,10-11,17H,5,9,12-15H2,1-4H3. The highest BCUT2D eigenvalue weighted by Gasteiger charge is 2.62. The molecule has 3 nitrogen and oxygen atoms in total. The lowest BCUT2D eigenvalue weighted by Gasteiger charge is -2.52. The van der Waals surface area contributed by atoms with E-state index < -0.39 is 8.56 Å². The maximum atomic E-state index is 6.21. The van der Waals surface area contributed by atoms with E-state index in [4.69, 9.17) is 13.6 Å². The molecule has 124 valence electrons. The molecule has 0 radical (unpaired) electrons. The summed E-state index contributed by atoms with van der Waals surface area (Å²) < 4.78 is 18.3. The van der Waals surface area contributed by atoms with Crippen LogP contribution < -0.4 is 0 Å². The molecule has 0 bridgehead atoms. The molecule has 0 saturated carbocycles. The zero-order valence-electron chi connectivity index (χ0n) is 14.4. The van der Waals surface area contributed by atoms with Gasteiger partial charge in [0, 0.05) is 21.3 Å². The molecule has 4 heteroatoms. The summed E-state index contributed by atoms with van der Waals surface area (Å²) in [5, 5.41) is -0.251. The molecule has 0 N–H and O–H groups in total. The molecule has 2 atom stereocenters. The molecule has 2 rings (SSSR count). The molecule has 1 heterocycles.